The lowest BCUT2D eigenvalue weighted by Crippen LogP contribution is -2.29. The molecule has 4 bridgehead atoms. The van der Waals surface area contributed by atoms with Gasteiger partial charge in [-0.15, -0.1) is 0 Å². The highest BCUT2D eigenvalue weighted by Crippen LogP contribution is 2.71. The first-order chi connectivity index (χ1) is 18.7. The standard InChI is InChI=1S/C26H12F13N/c27-11-8(12(28)18(34)19(35)17(11)33)9-13(29)20(36)24(21(37)14(9)30)40-25-22(38)15(31)10(16(32)23(25)39)26-3-5-1-7(26)2-6(5)4-26/h5-7,40H,1-4H2. The molecule has 7 rings (SSSR count). The quantitative estimate of drug-likeness (QED) is 0.184. The van der Waals surface area contributed by atoms with E-state index in [0.29, 0.717) is 12.8 Å². The summed E-state index contributed by atoms with van der Waals surface area (Å²) in [7, 11) is 0. The van der Waals surface area contributed by atoms with E-state index in [4.69, 9.17) is 0 Å². The molecule has 0 amide bonds. The molecule has 4 aliphatic carbocycles. The van der Waals surface area contributed by atoms with E-state index >= 15 is 17.6 Å². The van der Waals surface area contributed by atoms with Crippen LogP contribution in [0.25, 0.3) is 11.1 Å². The van der Waals surface area contributed by atoms with Gasteiger partial charge >= 0.3 is 0 Å². The molecule has 212 valence electrons. The van der Waals surface area contributed by atoms with E-state index in [0.717, 1.165) is 0 Å². The van der Waals surface area contributed by atoms with Crippen molar-refractivity contribution in [3.63, 3.8) is 0 Å². The summed E-state index contributed by atoms with van der Waals surface area (Å²) in [5.74, 6) is -32.7. The van der Waals surface area contributed by atoms with E-state index in [9.17, 15) is 39.5 Å². The molecular formula is C26H12F13N. The van der Waals surface area contributed by atoms with E-state index in [-0.39, 0.29) is 30.6 Å². The van der Waals surface area contributed by atoms with Gasteiger partial charge in [-0.05, 0) is 43.4 Å². The van der Waals surface area contributed by atoms with Crippen LogP contribution in [0.3, 0.4) is 0 Å². The van der Waals surface area contributed by atoms with Crippen LogP contribution in [0, 0.1) is 93.4 Å². The van der Waals surface area contributed by atoms with Crippen molar-refractivity contribution in [1.82, 2.24) is 0 Å². The second-order valence-corrected chi connectivity index (χ2v) is 10.3. The Labute approximate surface area is 215 Å². The molecule has 4 aliphatic rings. The lowest BCUT2D eigenvalue weighted by molar-refractivity contribution is 0.322. The van der Waals surface area contributed by atoms with Gasteiger partial charge in [0, 0.05) is 11.0 Å². The zero-order valence-corrected chi connectivity index (χ0v) is 19.5. The first-order valence-corrected chi connectivity index (χ1v) is 11.7. The zero-order valence-electron chi connectivity index (χ0n) is 19.5. The summed E-state index contributed by atoms with van der Waals surface area (Å²) in [5, 5.41) is 1.20. The van der Waals surface area contributed by atoms with Gasteiger partial charge in [0.25, 0.3) is 0 Å². The number of rotatable bonds is 4. The number of nitrogens with one attached hydrogen (secondary N) is 1. The van der Waals surface area contributed by atoms with Crippen molar-refractivity contribution in [2.75, 3.05) is 5.32 Å². The highest BCUT2D eigenvalue weighted by molar-refractivity contribution is 5.73. The predicted molar refractivity (Wildman–Crippen MR) is 112 cm³/mol. The summed E-state index contributed by atoms with van der Waals surface area (Å²) in [6, 6.07) is 0. The molecule has 0 heterocycles. The molecule has 1 nitrogen and oxygen atoms in total. The van der Waals surface area contributed by atoms with Gasteiger partial charge in [-0.3, -0.25) is 0 Å². The van der Waals surface area contributed by atoms with Gasteiger partial charge in [0.2, 0.25) is 5.82 Å². The van der Waals surface area contributed by atoms with E-state index in [1.54, 1.807) is 0 Å². The van der Waals surface area contributed by atoms with Crippen LogP contribution in [0.5, 0.6) is 0 Å². The van der Waals surface area contributed by atoms with E-state index in [1.165, 1.54) is 5.32 Å². The monoisotopic (exact) mass is 585 g/mol. The van der Waals surface area contributed by atoms with Gasteiger partial charge in [0.1, 0.15) is 11.4 Å². The van der Waals surface area contributed by atoms with Crippen molar-refractivity contribution in [1.29, 1.82) is 0 Å². The zero-order chi connectivity index (χ0) is 29.2. The molecule has 4 saturated carbocycles. The molecule has 0 spiro atoms. The van der Waals surface area contributed by atoms with Gasteiger partial charge in [-0.1, -0.05) is 0 Å². The van der Waals surface area contributed by atoms with Crippen LogP contribution in [-0.2, 0) is 5.41 Å². The molecule has 1 N–H and O–H groups in total. The number of hydrogen-bond donors (Lipinski definition) is 1. The minimum absolute atomic E-state index is 0.123. The minimum Gasteiger partial charge on any atom is -0.346 e. The number of benzene rings is 3. The third-order valence-corrected chi connectivity index (χ3v) is 8.61. The van der Waals surface area contributed by atoms with Crippen molar-refractivity contribution in [2.45, 2.75) is 31.1 Å². The maximum absolute atomic E-state index is 15.2. The van der Waals surface area contributed by atoms with Crippen molar-refractivity contribution >= 4 is 11.4 Å². The third kappa shape index (κ3) is 3.18. The maximum atomic E-state index is 15.2. The smallest absolute Gasteiger partial charge is 0.200 e. The second kappa shape index (κ2) is 8.53. The molecule has 0 aromatic heterocycles. The van der Waals surface area contributed by atoms with Gasteiger partial charge in [-0.2, -0.15) is 0 Å². The van der Waals surface area contributed by atoms with Crippen LogP contribution >= 0.6 is 0 Å². The van der Waals surface area contributed by atoms with E-state index < -0.39 is 109 Å². The molecule has 2 atom stereocenters. The van der Waals surface area contributed by atoms with Crippen molar-refractivity contribution in [3.05, 3.63) is 81.2 Å². The number of hydrogen-bond acceptors (Lipinski definition) is 1. The molecule has 0 radical (unpaired) electrons. The van der Waals surface area contributed by atoms with Crippen LogP contribution in [0.15, 0.2) is 0 Å². The van der Waals surface area contributed by atoms with Crippen LogP contribution in [0.2, 0.25) is 0 Å². The number of anilines is 2. The summed E-state index contributed by atoms with van der Waals surface area (Å²) in [5.41, 5.74) is -10.8. The fraction of sp³-hybridized carbons (Fsp3) is 0.308. The van der Waals surface area contributed by atoms with Crippen LogP contribution in [0.4, 0.5) is 68.5 Å². The molecule has 2 unspecified atom stereocenters. The molecule has 3 aromatic rings. The molecule has 0 aliphatic heterocycles. The first-order valence-electron chi connectivity index (χ1n) is 11.7. The van der Waals surface area contributed by atoms with Gasteiger partial charge in [-0.25, -0.2) is 57.1 Å². The average molecular weight is 585 g/mol. The number of halogens is 13. The van der Waals surface area contributed by atoms with E-state index in [2.05, 4.69) is 0 Å². The highest BCUT2D eigenvalue weighted by Gasteiger charge is 2.65. The Morgan fingerprint density at radius 3 is 1.10 bits per heavy atom. The second-order valence-electron chi connectivity index (χ2n) is 10.3. The summed E-state index contributed by atoms with van der Waals surface area (Å²) in [6.07, 6.45) is 1.77. The summed E-state index contributed by atoms with van der Waals surface area (Å²) in [4.78, 5) is 0. The largest absolute Gasteiger partial charge is 0.346 e. The fourth-order valence-corrected chi connectivity index (χ4v) is 7.01. The van der Waals surface area contributed by atoms with Crippen LogP contribution < -0.4 is 5.32 Å². The van der Waals surface area contributed by atoms with Crippen molar-refractivity contribution < 1.29 is 57.1 Å². The first kappa shape index (κ1) is 26.8. The summed E-state index contributed by atoms with van der Waals surface area (Å²) >= 11 is 0. The average Bonchev–Trinajstić information content (AvgIpc) is 3.66. The Bertz CT molecular complexity index is 1550. The Morgan fingerprint density at radius 1 is 0.425 bits per heavy atom. The van der Waals surface area contributed by atoms with Crippen LogP contribution in [0.1, 0.15) is 31.2 Å². The molecule has 14 heteroatoms. The fourth-order valence-electron chi connectivity index (χ4n) is 7.01. The molecular weight excluding hydrogens is 573 g/mol. The summed E-state index contributed by atoms with van der Waals surface area (Å²) < 4.78 is 188. The lowest BCUT2D eigenvalue weighted by Gasteiger charge is -2.31. The topological polar surface area (TPSA) is 12.0 Å². The Balaban J connectivity index is 1.49. The molecule has 0 saturated heterocycles. The van der Waals surface area contributed by atoms with Gasteiger partial charge in [0.05, 0.1) is 11.1 Å². The third-order valence-electron chi connectivity index (χ3n) is 8.61. The molecule has 4 fully saturated rings. The highest BCUT2D eigenvalue weighted by atomic mass is 19.2. The lowest BCUT2D eigenvalue weighted by atomic mass is 9.74. The van der Waals surface area contributed by atoms with Crippen LogP contribution in [-0.4, -0.2) is 0 Å². The Hall–Kier alpha value is -3.45. The minimum atomic E-state index is -2.78. The molecule has 40 heavy (non-hydrogen) atoms. The van der Waals surface area contributed by atoms with Crippen molar-refractivity contribution in [3.8, 4) is 11.1 Å². The van der Waals surface area contributed by atoms with Crippen molar-refractivity contribution in [2.24, 2.45) is 17.8 Å². The predicted octanol–water partition coefficient (Wildman–Crippen LogP) is 8.59. The molecule has 3 aromatic carbocycles. The Kier molecular flexibility index (Phi) is 5.70. The summed E-state index contributed by atoms with van der Waals surface area (Å²) in [6.45, 7) is 0. The van der Waals surface area contributed by atoms with Gasteiger partial charge in [0.15, 0.2) is 69.8 Å². The Morgan fingerprint density at radius 2 is 0.750 bits per heavy atom. The van der Waals surface area contributed by atoms with E-state index in [1.807, 2.05) is 0 Å². The normalized spacial score (nSPS) is 24.6. The maximum Gasteiger partial charge on any atom is 0.200 e. The SMILES string of the molecule is Fc1c(F)c(F)c(-c2c(F)c(F)c(Nc3c(F)c(F)c(C45CC6CC4CC6C5)c(F)c3F)c(F)c2F)c(F)c1F. The van der Waals surface area contributed by atoms with Gasteiger partial charge < -0.3 is 5.32 Å².